The van der Waals surface area contributed by atoms with Gasteiger partial charge in [0.25, 0.3) is 0 Å². The Labute approximate surface area is 129 Å². The summed E-state index contributed by atoms with van der Waals surface area (Å²) in [5, 5.41) is 15.1. The van der Waals surface area contributed by atoms with E-state index in [9.17, 15) is 14.3 Å². The van der Waals surface area contributed by atoms with Gasteiger partial charge in [-0.05, 0) is 42.2 Å². The lowest BCUT2D eigenvalue weighted by molar-refractivity contribution is 0.241. The van der Waals surface area contributed by atoms with Crippen molar-refractivity contribution in [3.05, 3.63) is 65.5 Å². The van der Waals surface area contributed by atoms with Crippen molar-refractivity contribution in [2.75, 3.05) is 13.1 Å². The highest BCUT2D eigenvalue weighted by Crippen LogP contribution is 2.15. The van der Waals surface area contributed by atoms with Crippen molar-refractivity contribution < 1.29 is 14.3 Å². The minimum atomic E-state index is -0.265. The van der Waals surface area contributed by atoms with Crippen molar-refractivity contribution in [3.8, 4) is 5.75 Å². The summed E-state index contributed by atoms with van der Waals surface area (Å²) in [6.07, 6.45) is 1.21. The number of urea groups is 1. The maximum absolute atomic E-state index is 12.7. The van der Waals surface area contributed by atoms with Crippen LogP contribution in [0.3, 0.4) is 0 Å². The van der Waals surface area contributed by atoms with Gasteiger partial charge in [0.15, 0.2) is 0 Å². The molecule has 2 aromatic rings. The van der Waals surface area contributed by atoms with Gasteiger partial charge in [-0.1, -0.05) is 30.3 Å². The zero-order valence-corrected chi connectivity index (χ0v) is 12.2. The molecule has 3 N–H and O–H groups in total. The average molecular weight is 302 g/mol. The van der Waals surface area contributed by atoms with Crippen LogP contribution in [-0.4, -0.2) is 24.2 Å². The first-order valence-corrected chi connectivity index (χ1v) is 7.18. The SMILES string of the molecule is O=C(NCCc1ccc(F)cc1)NCCc1ccccc1O. The normalized spacial score (nSPS) is 10.2. The molecule has 2 aromatic carbocycles. The van der Waals surface area contributed by atoms with Gasteiger partial charge in [0.05, 0.1) is 0 Å². The lowest BCUT2D eigenvalue weighted by Gasteiger charge is -2.08. The van der Waals surface area contributed by atoms with E-state index in [1.54, 1.807) is 24.3 Å². The zero-order valence-electron chi connectivity index (χ0n) is 12.2. The number of aromatic hydroxyl groups is 1. The van der Waals surface area contributed by atoms with E-state index in [0.29, 0.717) is 25.9 Å². The first kappa shape index (κ1) is 15.8. The summed E-state index contributed by atoms with van der Waals surface area (Å²) in [7, 11) is 0. The van der Waals surface area contributed by atoms with E-state index >= 15 is 0 Å². The molecule has 22 heavy (non-hydrogen) atoms. The summed E-state index contributed by atoms with van der Waals surface area (Å²) < 4.78 is 12.7. The molecule has 0 atom stereocenters. The summed E-state index contributed by atoms with van der Waals surface area (Å²) in [6, 6.07) is 13.0. The number of halogens is 1. The summed E-state index contributed by atoms with van der Waals surface area (Å²) in [6.45, 7) is 0.925. The molecule has 5 heteroatoms. The minimum Gasteiger partial charge on any atom is -0.508 e. The molecule has 2 rings (SSSR count). The molecule has 2 amide bonds. The van der Waals surface area contributed by atoms with Crippen LogP contribution < -0.4 is 10.6 Å². The van der Waals surface area contributed by atoms with Crippen molar-refractivity contribution in [2.45, 2.75) is 12.8 Å². The molecule has 0 bridgehead atoms. The van der Waals surface area contributed by atoms with E-state index in [4.69, 9.17) is 0 Å². The fraction of sp³-hybridized carbons (Fsp3) is 0.235. The molecular weight excluding hydrogens is 283 g/mol. The number of benzene rings is 2. The minimum absolute atomic E-state index is 0.237. The van der Waals surface area contributed by atoms with Crippen LogP contribution in [0.25, 0.3) is 0 Å². The smallest absolute Gasteiger partial charge is 0.314 e. The van der Waals surface area contributed by atoms with Crippen molar-refractivity contribution in [3.63, 3.8) is 0 Å². The maximum Gasteiger partial charge on any atom is 0.314 e. The monoisotopic (exact) mass is 302 g/mol. The Kier molecular flexibility index (Phi) is 5.77. The second-order valence-corrected chi connectivity index (χ2v) is 4.94. The summed E-state index contributed by atoms with van der Waals surface area (Å²) in [4.78, 5) is 11.6. The average Bonchev–Trinajstić information content (AvgIpc) is 2.51. The van der Waals surface area contributed by atoms with E-state index in [-0.39, 0.29) is 17.6 Å². The van der Waals surface area contributed by atoms with Gasteiger partial charge in [0, 0.05) is 13.1 Å². The molecule has 0 saturated heterocycles. The number of hydrogen-bond donors (Lipinski definition) is 3. The molecule has 0 aliphatic carbocycles. The summed E-state index contributed by atoms with van der Waals surface area (Å²) in [5.74, 6) is -0.0281. The number of nitrogens with one attached hydrogen (secondary N) is 2. The Balaban J connectivity index is 1.64. The molecular formula is C17H19FN2O2. The van der Waals surface area contributed by atoms with E-state index in [1.807, 2.05) is 12.1 Å². The summed E-state index contributed by atoms with van der Waals surface area (Å²) in [5.41, 5.74) is 1.77. The molecule has 0 spiro atoms. The summed E-state index contributed by atoms with van der Waals surface area (Å²) >= 11 is 0. The molecule has 0 fully saturated rings. The van der Waals surface area contributed by atoms with Crippen molar-refractivity contribution >= 4 is 6.03 Å². The predicted octanol–water partition coefficient (Wildman–Crippen LogP) is 2.62. The number of hydrogen-bond acceptors (Lipinski definition) is 2. The standard InChI is InChI=1S/C17H19FN2O2/c18-15-7-5-13(6-8-15)9-11-19-17(22)20-12-10-14-3-1-2-4-16(14)21/h1-8,21H,9-12H2,(H2,19,20,22). The second kappa shape index (κ2) is 8.02. The van der Waals surface area contributed by atoms with Gasteiger partial charge in [0.2, 0.25) is 0 Å². The van der Waals surface area contributed by atoms with Crippen LogP contribution in [0.1, 0.15) is 11.1 Å². The number of phenolic OH excluding ortho intramolecular Hbond substituents is 1. The molecule has 0 radical (unpaired) electrons. The predicted molar refractivity (Wildman–Crippen MR) is 83.3 cm³/mol. The Morgan fingerprint density at radius 1 is 0.955 bits per heavy atom. The molecule has 0 aliphatic heterocycles. The van der Waals surface area contributed by atoms with Gasteiger partial charge in [0.1, 0.15) is 11.6 Å². The number of carbonyl (C=O) groups is 1. The molecule has 0 aromatic heterocycles. The third-order valence-electron chi connectivity index (χ3n) is 3.28. The van der Waals surface area contributed by atoms with Crippen molar-refractivity contribution in [1.82, 2.24) is 10.6 Å². The van der Waals surface area contributed by atoms with Crippen molar-refractivity contribution in [1.29, 1.82) is 0 Å². The molecule has 0 saturated carbocycles. The molecule has 0 unspecified atom stereocenters. The highest BCUT2D eigenvalue weighted by atomic mass is 19.1. The lowest BCUT2D eigenvalue weighted by atomic mass is 10.1. The topological polar surface area (TPSA) is 61.4 Å². The van der Waals surface area contributed by atoms with Gasteiger partial charge in [-0.2, -0.15) is 0 Å². The maximum atomic E-state index is 12.7. The van der Waals surface area contributed by atoms with E-state index in [2.05, 4.69) is 10.6 Å². The van der Waals surface area contributed by atoms with Crippen LogP contribution >= 0.6 is 0 Å². The van der Waals surface area contributed by atoms with E-state index in [0.717, 1.165) is 11.1 Å². The molecule has 0 aliphatic rings. The lowest BCUT2D eigenvalue weighted by Crippen LogP contribution is -2.37. The van der Waals surface area contributed by atoms with Crippen LogP contribution in [0.15, 0.2) is 48.5 Å². The van der Waals surface area contributed by atoms with Crippen LogP contribution in [0.2, 0.25) is 0 Å². The number of rotatable bonds is 6. The first-order valence-electron chi connectivity index (χ1n) is 7.18. The van der Waals surface area contributed by atoms with Crippen LogP contribution in [0.5, 0.6) is 5.75 Å². The van der Waals surface area contributed by atoms with Gasteiger partial charge in [-0.3, -0.25) is 0 Å². The Morgan fingerprint density at radius 2 is 1.59 bits per heavy atom. The van der Waals surface area contributed by atoms with Gasteiger partial charge >= 0.3 is 6.03 Å². The Hall–Kier alpha value is -2.56. The largest absolute Gasteiger partial charge is 0.508 e. The first-order chi connectivity index (χ1) is 10.6. The zero-order chi connectivity index (χ0) is 15.8. The molecule has 116 valence electrons. The highest BCUT2D eigenvalue weighted by Gasteiger charge is 2.02. The third-order valence-corrected chi connectivity index (χ3v) is 3.28. The van der Waals surface area contributed by atoms with E-state index in [1.165, 1.54) is 12.1 Å². The van der Waals surface area contributed by atoms with Crippen molar-refractivity contribution in [2.24, 2.45) is 0 Å². The van der Waals surface area contributed by atoms with Gasteiger partial charge < -0.3 is 15.7 Å². The quantitative estimate of drug-likeness (QED) is 0.768. The van der Waals surface area contributed by atoms with Gasteiger partial charge in [-0.25, -0.2) is 9.18 Å². The highest BCUT2D eigenvalue weighted by molar-refractivity contribution is 5.73. The van der Waals surface area contributed by atoms with Crippen LogP contribution in [0, 0.1) is 5.82 Å². The fourth-order valence-electron chi connectivity index (χ4n) is 2.07. The van der Waals surface area contributed by atoms with Crippen LogP contribution in [0.4, 0.5) is 9.18 Å². The van der Waals surface area contributed by atoms with E-state index < -0.39 is 0 Å². The second-order valence-electron chi connectivity index (χ2n) is 4.94. The molecule has 0 heterocycles. The number of amides is 2. The third kappa shape index (κ3) is 5.09. The number of para-hydroxylation sites is 1. The van der Waals surface area contributed by atoms with Gasteiger partial charge in [-0.15, -0.1) is 0 Å². The molecule has 4 nitrogen and oxygen atoms in total. The fourth-order valence-corrected chi connectivity index (χ4v) is 2.07. The van der Waals surface area contributed by atoms with Crippen LogP contribution in [-0.2, 0) is 12.8 Å². The number of phenols is 1. The number of carbonyl (C=O) groups excluding carboxylic acids is 1. The Morgan fingerprint density at radius 3 is 2.27 bits per heavy atom. The Bertz CT molecular complexity index is 614.